The van der Waals surface area contributed by atoms with Crippen molar-refractivity contribution in [2.75, 3.05) is 13.6 Å². The van der Waals surface area contributed by atoms with Crippen LogP contribution in [0.4, 0.5) is 4.39 Å². The standard InChI is InChI=1S/C11H14FN/c1-13-7-8-5-6-10-9(8)3-2-4-11(10)12/h2-4,8,13H,5-7H2,1H3. The summed E-state index contributed by atoms with van der Waals surface area (Å²) in [5.74, 6) is 0.479. The average Bonchev–Trinajstić information content (AvgIpc) is 2.51. The van der Waals surface area contributed by atoms with Crippen LogP contribution < -0.4 is 5.32 Å². The van der Waals surface area contributed by atoms with Crippen molar-refractivity contribution in [2.45, 2.75) is 18.8 Å². The first-order valence-corrected chi connectivity index (χ1v) is 4.75. The van der Waals surface area contributed by atoms with Gasteiger partial charge >= 0.3 is 0 Å². The highest BCUT2D eigenvalue weighted by Gasteiger charge is 2.23. The van der Waals surface area contributed by atoms with Crippen LogP contribution in [-0.2, 0) is 6.42 Å². The van der Waals surface area contributed by atoms with E-state index < -0.39 is 0 Å². The molecule has 2 rings (SSSR count). The molecule has 0 radical (unpaired) electrons. The monoisotopic (exact) mass is 179 g/mol. The Labute approximate surface area is 78.0 Å². The summed E-state index contributed by atoms with van der Waals surface area (Å²) in [4.78, 5) is 0. The summed E-state index contributed by atoms with van der Waals surface area (Å²) in [5.41, 5.74) is 2.14. The third-order valence-electron chi connectivity index (χ3n) is 2.79. The molecule has 0 bridgehead atoms. The molecule has 1 aliphatic carbocycles. The molecule has 1 aromatic rings. The number of nitrogens with one attached hydrogen (secondary N) is 1. The van der Waals surface area contributed by atoms with Crippen LogP contribution in [-0.4, -0.2) is 13.6 Å². The molecule has 1 unspecified atom stereocenters. The Morgan fingerprint density at radius 1 is 1.54 bits per heavy atom. The molecule has 0 saturated heterocycles. The van der Waals surface area contributed by atoms with Crippen molar-refractivity contribution in [3.05, 3.63) is 35.1 Å². The highest BCUT2D eigenvalue weighted by molar-refractivity contribution is 5.36. The van der Waals surface area contributed by atoms with Crippen molar-refractivity contribution >= 4 is 0 Å². The molecule has 0 aromatic heterocycles. The maximum Gasteiger partial charge on any atom is 0.126 e. The van der Waals surface area contributed by atoms with Gasteiger partial charge in [0.1, 0.15) is 5.82 Å². The predicted molar refractivity (Wildman–Crippen MR) is 51.4 cm³/mol. The first kappa shape index (κ1) is 8.70. The van der Waals surface area contributed by atoms with E-state index >= 15 is 0 Å². The van der Waals surface area contributed by atoms with Gasteiger partial charge in [-0.2, -0.15) is 0 Å². The van der Waals surface area contributed by atoms with Gasteiger partial charge in [-0.25, -0.2) is 4.39 Å². The van der Waals surface area contributed by atoms with Gasteiger partial charge < -0.3 is 5.32 Å². The molecule has 0 heterocycles. The summed E-state index contributed by atoms with van der Waals surface area (Å²) in [6.07, 6.45) is 1.98. The van der Waals surface area contributed by atoms with E-state index in [-0.39, 0.29) is 5.82 Å². The van der Waals surface area contributed by atoms with E-state index in [2.05, 4.69) is 5.32 Å². The Hall–Kier alpha value is -0.890. The number of hydrogen-bond acceptors (Lipinski definition) is 1. The van der Waals surface area contributed by atoms with Gasteiger partial charge in [0.05, 0.1) is 0 Å². The fourth-order valence-electron chi connectivity index (χ4n) is 2.15. The van der Waals surface area contributed by atoms with Crippen molar-refractivity contribution in [1.82, 2.24) is 5.32 Å². The fourth-order valence-corrected chi connectivity index (χ4v) is 2.15. The second kappa shape index (κ2) is 3.46. The van der Waals surface area contributed by atoms with Gasteiger partial charge in [0.25, 0.3) is 0 Å². The van der Waals surface area contributed by atoms with E-state index in [4.69, 9.17) is 0 Å². The molecule has 2 heteroatoms. The van der Waals surface area contributed by atoms with E-state index in [1.54, 1.807) is 6.07 Å². The molecule has 1 N–H and O–H groups in total. The minimum absolute atomic E-state index is 0.0314. The van der Waals surface area contributed by atoms with Gasteiger partial charge in [-0.15, -0.1) is 0 Å². The van der Waals surface area contributed by atoms with Crippen LogP contribution >= 0.6 is 0 Å². The molecular formula is C11H14FN. The lowest BCUT2D eigenvalue weighted by atomic mass is 10.0. The second-order valence-corrected chi connectivity index (χ2v) is 3.60. The Bertz CT molecular complexity index is 309. The minimum Gasteiger partial charge on any atom is -0.319 e. The molecule has 0 aliphatic heterocycles. The fraction of sp³-hybridized carbons (Fsp3) is 0.455. The van der Waals surface area contributed by atoms with Crippen LogP contribution in [0, 0.1) is 5.82 Å². The molecule has 1 atom stereocenters. The quantitative estimate of drug-likeness (QED) is 0.733. The average molecular weight is 179 g/mol. The number of halogens is 1. The lowest BCUT2D eigenvalue weighted by Gasteiger charge is -2.09. The minimum atomic E-state index is -0.0314. The number of benzene rings is 1. The van der Waals surface area contributed by atoms with Crippen molar-refractivity contribution in [1.29, 1.82) is 0 Å². The van der Waals surface area contributed by atoms with E-state index in [1.807, 2.05) is 19.2 Å². The number of rotatable bonds is 2. The van der Waals surface area contributed by atoms with E-state index in [1.165, 1.54) is 5.56 Å². The van der Waals surface area contributed by atoms with Gasteiger partial charge in [-0.05, 0) is 43.0 Å². The van der Waals surface area contributed by atoms with Gasteiger partial charge in [0, 0.05) is 6.54 Å². The van der Waals surface area contributed by atoms with Crippen molar-refractivity contribution in [3.8, 4) is 0 Å². The summed E-state index contributed by atoms with van der Waals surface area (Å²) in [7, 11) is 1.94. The summed E-state index contributed by atoms with van der Waals surface area (Å²) in [5, 5.41) is 3.15. The molecule has 13 heavy (non-hydrogen) atoms. The Kier molecular flexibility index (Phi) is 2.32. The van der Waals surface area contributed by atoms with Crippen LogP contribution in [0.3, 0.4) is 0 Å². The molecule has 0 fully saturated rings. The van der Waals surface area contributed by atoms with Crippen molar-refractivity contribution < 1.29 is 4.39 Å². The van der Waals surface area contributed by atoms with Gasteiger partial charge in [-0.1, -0.05) is 12.1 Å². The smallest absolute Gasteiger partial charge is 0.126 e. The van der Waals surface area contributed by atoms with Crippen molar-refractivity contribution in [3.63, 3.8) is 0 Å². The maximum atomic E-state index is 13.3. The molecular weight excluding hydrogens is 165 g/mol. The summed E-state index contributed by atoms with van der Waals surface area (Å²) in [6, 6.07) is 5.41. The third kappa shape index (κ3) is 1.46. The summed E-state index contributed by atoms with van der Waals surface area (Å²) >= 11 is 0. The zero-order valence-corrected chi connectivity index (χ0v) is 7.81. The first-order valence-electron chi connectivity index (χ1n) is 4.75. The Morgan fingerprint density at radius 3 is 3.15 bits per heavy atom. The maximum absolute atomic E-state index is 13.3. The largest absolute Gasteiger partial charge is 0.319 e. The van der Waals surface area contributed by atoms with Crippen molar-refractivity contribution in [2.24, 2.45) is 0 Å². The number of fused-ring (bicyclic) bond motifs is 1. The zero-order valence-electron chi connectivity index (χ0n) is 7.81. The number of hydrogen-bond donors (Lipinski definition) is 1. The highest BCUT2D eigenvalue weighted by atomic mass is 19.1. The van der Waals surface area contributed by atoms with Gasteiger partial charge in [0.15, 0.2) is 0 Å². The lowest BCUT2D eigenvalue weighted by molar-refractivity contribution is 0.610. The van der Waals surface area contributed by atoms with Crippen LogP contribution in [0.15, 0.2) is 18.2 Å². The molecule has 1 nitrogen and oxygen atoms in total. The highest BCUT2D eigenvalue weighted by Crippen LogP contribution is 2.33. The van der Waals surface area contributed by atoms with E-state index in [0.29, 0.717) is 5.92 Å². The molecule has 1 aromatic carbocycles. The topological polar surface area (TPSA) is 12.0 Å². The molecule has 1 aliphatic rings. The normalized spacial score (nSPS) is 20.3. The lowest BCUT2D eigenvalue weighted by Crippen LogP contribution is -2.15. The van der Waals surface area contributed by atoms with E-state index in [9.17, 15) is 4.39 Å². The van der Waals surface area contributed by atoms with Gasteiger partial charge in [0.2, 0.25) is 0 Å². The molecule has 0 spiro atoms. The first-order chi connectivity index (χ1) is 6.33. The second-order valence-electron chi connectivity index (χ2n) is 3.60. The summed E-state index contributed by atoms with van der Waals surface area (Å²) in [6.45, 7) is 0.955. The van der Waals surface area contributed by atoms with Crippen LogP contribution in [0.5, 0.6) is 0 Å². The predicted octanol–water partition coefficient (Wildman–Crippen LogP) is 2.07. The zero-order chi connectivity index (χ0) is 9.26. The van der Waals surface area contributed by atoms with Gasteiger partial charge in [-0.3, -0.25) is 0 Å². The van der Waals surface area contributed by atoms with Crippen LogP contribution in [0.1, 0.15) is 23.5 Å². The van der Waals surface area contributed by atoms with Crippen LogP contribution in [0.2, 0.25) is 0 Å². The van der Waals surface area contributed by atoms with Crippen LogP contribution in [0.25, 0.3) is 0 Å². The Balaban J connectivity index is 2.32. The Morgan fingerprint density at radius 2 is 2.38 bits per heavy atom. The molecule has 0 amide bonds. The summed E-state index contributed by atoms with van der Waals surface area (Å²) < 4.78 is 13.3. The molecule has 70 valence electrons. The molecule has 0 saturated carbocycles. The third-order valence-corrected chi connectivity index (χ3v) is 2.79. The number of likely N-dealkylation sites (N-methyl/N-ethyl adjacent to an activating group) is 1. The SMILES string of the molecule is CNCC1CCc2c(F)cccc21. The van der Waals surface area contributed by atoms with E-state index in [0.717, 1.165) is 24.9 Å².